The largest absolute Gasteiger partial charge is 0.481 e. The van der Waals surface area contributed by atoms with Crippen molar-refractivity contribution in [1.82, 2.24) is 0 Å². The van der Waals surface area contributed by atoms with Crippen LogP contribution in [0, 0.1) is 5.92 Å². The Kier molecular flexibility index (Phi) is 1.89. The monoisotopic (exact) mass is 179 g/mol. The lowest BCUT2D eigenvalue weighted by Crippen LogP contribution is -2.33. The summed E-state index contributed by atoms with van der Waals surface area (Å²) in [5.74, 6) is -2.56. The van der Waals surface area contributed by atoms with E-state index in [1.54, 1.807) is 0 Å². The van der Waals surface area contributed by atoms with Gasteiger partial charge in [-0.2, -0.15) is 0 Å². The van der Waals surface area contributed by atoms with Crippen LogP contribution in [0.4, 0.5) is 0 Å². The summed E-state index contributed by atoms with van der Waals surface area (Å²) in [6.07, 6.45) is 0. The number of aliphatic carboxylic acids is 1. The lowest BCUT2D eigenvalue weighted by atomic mass is 10.1. The fourth-order valence-electron chi connectivity index (χ4n) is 1.13. The number of sulfone groups is 1. The van der Waals surface area contributed by atoms with Crippen molar-refractivity contribution in [2.24, 2.45) is 11.7 Å². The number of nitrogens with two attached hydrogens (primary N) is 1. The van der Waals surface area contributed by atoms with Crippen molar-refractivity contribution in [3.8, 4) is 0 Å². The zero-order valence-electron chi connectivity index (χ0n) is 5.73. The second-order valence-corrected chi connectivity index (χ2v) is 4.84. The lowest BCUT2D eigenvalue weighted by molar-refractivity contribution is -0.141. The van der Waals surface area contributed by atoms with E-state index in [0.717, 1.165) is 0 Å². The van der Waals surface area contributed by atoms with Crippen LogP contribution in [0.25, 0.3) is 0 Å². The quantitative estimate of drug-likeness (QED) is 0.507. The molecule has 0 amide bonds. The Morgan fingerprint density at radius 2 is 2.00 bits per heavy atom. The second kappa shape index (κ2) is 2.46. The normalized spacial score (nSPS) is 35.4. The minimum Gasteiger partial charge on any atom is -0.481 e. The summed E-state index contributed by atoms with van der Waals surface area (Å²) in [5.41, 5.74) is 5.30. The molecular formula is C5H9NO4S. The van der Waals surface area contributed by atoms with Crippen LogP contribution >= 0.6 is 0 Å². The first-order valence-electron chi connectivity index (χ1n) is 3.11. The van der Waals surface area contributed by atoms with E-state index in [0.29, 0.717) is 0 Å². The molecule has 1 rings (SSSR count). The van der Waals surface area contributed by atoms with Crippen molar-refractivity contribution in [2.75, 3.05) is 11.5 Å². The second-order valence-electron chi connectivity index (χ2n) is 2.69. The Hall–Kier alpha value is -0.620. The van der Waals surface area contributed by atoms with Crippen molar-refractivity contribution in [3.63, 3.8) is 0 Å². The molecule has 0 radical (unpaired) electrons. The molecule has 1 fully saturated rings. The molecule has 1 heterocycles. The standard InChI is InChI=1S/C5H9NO4S/c6-4-2-11(9,10)1-3(4)5(7)8/h3-4H,1-2,6H2,(H,7,8)/t3-,4-/m1/s1. The molecule has 0 aromatic rings. The summed E-state index contributed by atoms with van der Waals surface area (Å²) in [6.45, 7) is 0. The summed E-state index contributed by atoms with van der Waals surface area (Å²) < 4.78 is 21.6. The number of hydrogen-bond donors (Lipinski definition) is 2. The van der Waals surface area contributed by atoms with E-state index < -0.39 is 27.8 Å². The molecule has 0 aromatic heterocycles. The average Bonchev–Trinajstić information content (AvgIpc) is 2.05. The molecule has 11 heavy (non-hydrogen) atoms. The third kappa shape index (κ3) is 1.69. The number of rotatable bonds is 1. The minimum atomic E-state index is -3.20. The first kappa shape index (κ1) is 8.48. The van der Waals surface area contributed by atoms with Gasteiger partial charge in [0, 0.05) is 6.04 Å². The van der Waals surface area contributed by atoms with Gasteiger partial charge in [-0.15, -0.1) is 0 Å². The molecule has 2 atom stereocenters. The summed E-state index contributed by atoms with van der Waals surface area (Å²) in [4.78, 5) is 10.4. The van der Waals surface area contributed by atoms with Crippen LogP contribution in [-0.4, -0.2) is 37.0 Å². The molecule has 0 saturated carbocycles. The van der Waals surface area contributed by atoms with Gasteiger partial charge in [-0.05, 0) is 0 Å². The molecule has 3 N–H and O–H groups in total. The predicted molar refractivity (Wildman–Crippen MR) is 37.8 cm³/mol. The molecule has 1 aliphatic rings. The van der Waals surface area contributed by atoms with Crippen LogP contribution in [0.2, 0.25) is 0 Å². The summed E-state index contributed by atoms with van der Waals surface area (Å²) in [5, 5.41) is 8.47. The van der Waals surface area contributed by atoms with E-state index >= 15 is 0 Å². The highest BCUT2D eigenvalue weighted by Gasteiger charge is 2.39. The van der Waals surface area contributed by atoms with Gasteiger partial charge in [0.2, 0.25) is 0 Å². The van der Waals surface area contributed by atoms with Gasteiger partial charge in [0.1, 0.15) is 0 Å². The first-order chi connectivity index (χ1) is 4.92. The van der Waals surface area contributed by atoms with Crippen LogP contribution in [0.5, 0.6) is 0 Å². The Balaban J connectivity index is 2.83. The first-order valence-corrected chi connectivity index (χ1v) is 4.93. The maximum atomic E-state index is 10.8. The molecule has 0 unspecified atom stereocenters. The Labute approximate surface area is 64.1 Å². The van der Waals surface area contributed by atoms with Crippen molar-refractivity contribution in [3.05, 3.63) is 0 Å². The third-order valence-corrected chi connectivity index (χ3v) is 3.47. The van der Waals surface area contributed by atoms with E-state index in [2.05, 4.69) is 0 Å². The number of carbonyl (C=O) groups is 1. The smallest absolute Gasteiger partial charge is 0.309 e. The Morgan fingerprint density at radius 1 is 1.45 bits per heavy atom. The van der Waals surface area contributed by atoms with E-state index in [1.165, 1.54) is 0 Å². The van der Waals surface area contributed by atoms with Crippen LogP contribution in [0.15, 0.2) is 0 Å². The highest BCUT2D eigenvalue weighted by atomic mass is 32.2. The minimum absolute atomic E-state index is 0.204. The molecule has 6 heteroatoms. The molecular weight excluding hydrogens is 170 g/mol. The van der Waals surface area contributed by atoms with Crippen LogP contribution in [0.1, 0.15) is 0 Å². The van der Waals surface area contributed by atoms with Crippen LogP contribution in [-0.2, 0) is 14.6 Å². The topological polar surface area (TPSA) is 97.5 Å². The number of carboxylic acids is 1. The molecule has 1 saturated heterocycles. The fraction of sp³-hybridized carbons (Fsp3) is 0.800. The van der Waals surface area contributed by atoms with E-state index in [1.807, 2.05) is 0 Å². The van der Waals surface area contributed by atoms with Gasteiger partial charge in [-0.25, -0.2) is 8.42 Å². The highest BCUT2D eigenvalue weighted by molar-refractivity contribution is 7.91. The SMILES string of the molecule is N[C@@H]1CS(=O)(=O)C[C@H]1C(=O)O. The van der Waals surface area contributed by atoms with Gasteiger partial charge in [0.15, 0.2) is 9.84 Å². The number of hydrogen-bond acceptors (Lipinski definition) is 4. The molecule has 0 bridgehead atoms. The summed E-state index contributed by atoms with van der Waals surface area (Å²) in [6, 6.07) is -0.738. The molecule has 0 aliphatic carbocycles. The average molecular weight is 179 g/mol. The van der Waals surface area contributed by atoms with Gasteiger partial charge < -0.3 is 10.8 Å². The van der Waals surface area contributed by atoms with E-state index in [-0.39, 0.29) is 11.5 Å². The number of carboxylic acid groups (broad SMARTS) is 1. The molecule has 1 aliphatic heterocycles. The van der Waals surface area contributed by atoms with Crippen molar-refractivity contribution >= 4 is 15.8 Å². The highest BCUT2D eigenvalue weighted by Crippen LogP contribution is 2.17. The third-order valence-electron chi connectivity index (χ3n) is 1.71. The van der Waals surface area contributed by atoms with Gasteiger partial charge in [-0.1, -0.05) is 0 Å². The zero-order valence-corrected chi connectivity index (χ0v) is 6.54. The molecule has 5 nitrogen and oxygen atoms in total. The zero-order chi connectivity index (χ0) is 8.65. The van der Waals surface area contributed by atoms with Crippen molar-refractivity contribution in [2.45, 2.75) is 6.04 Å². The van der Waals surface area contributed by atoms with Gasteiger partial charge in [0.25, 0.3) is 0 Å². The Morgan fingerprint density at radius 3 is 2.18 bits per heavy atom. The molecule has 64 valence electrons. The van der Waals surface area contributed by atoms with Crippen molar-refractivity contribution in [1.29, 1.82) is 0 Å². The predicted octanol–water partition coefficient (Wildman–Crippen LogP) is -1.56. The van der Waals surface area contributed by atoms with Crippen molar-refractivity contribution < 1.29 is 18.3 Å². The summed E-state index contributed by atoms with van der Waals surface area (Å²) in [7, 11) is -3.20. The van der Waals surface area contributed by atoms with Gasteiger partial charge >= 0.3 is 5.97 Å². The van der Waals surface area contributed by atoms with Crippen LogP contribution < -0.4 is 5.73 Å². The Bertz CT molecular complexity index is 270. The maximum absolute atomic E-state index is 10.8. The van der Waals surface area contributed by atoms with E-state index in [4.69, 9.17) is 10.8 Å². The van der Waals surface area contributed by atoms with Crippen LogP contribution in [0.3, 0.4) is 0 Å². The maximum Gasteiger partial charge on any atom is 0.309 e. The van der Waals surface area contributed by atoms with Gasteiger partial charge in [0.05, 0.1) is 17.4 Å². The summed E-state index contributed by atoms with van der Waals surface area (Å²) >= 11 is 0. The lowest BCUT2D eigenvalue weighted by Gasteiger charge is -2.05. The fourth-order valence-corrected chi connectivity index (χ4v) is 3.02. The molecule has 0 aromatic carbocycles. The van der Waals surface area contributed by atoms with E-state index in [9.17, 15) is 13.2 Å². The molecule has 0 spiro atoms. The van der Waals surface area contributed by atoms with Gasteiger partial charge in [-0.3, -0.25) is 4.79 Å².